The van der Waals surface area contributed by atoms with Crippen molar-refractivity contribution in [1.29, 1.82) is 0 Å². The minimum absolute atomic E-state index is 0.00932. The van der Waals surface area contributed by atoms with Crippen molar-refractivity contribution in [2.24, 2.45) is 5.92 Å². The van der Waals surface area contributed by atoms with Gasteiger partial charge in [0.2, 0.25) is 29.4 Å². The first kappa shape index (κ1) is 43.1. The van der Waals surface area contributed by atoms with Gasteiger partial charge in [0.1, 0.15) is 23.6 Å². The van der Waals surface area contributed by atoms with E-state index in [2.05, 4.69) is 26.6 Å². The number of carbonyl (C=O) groups is 7. The Morgan fingerprint density at radius 2 is 1.52 bits per heavy atom. The lowest BCUT2D eigenvalue weighted by Crippen LogP contribution is -2.59. The molecule has 2 heterocycles. The first-order valence-corrected chi connectivity index (χ1v) is 20.2. The van der Waals surface area contributed by atoms with E-state index in [1.165, 1.54) is 12.1 Å². The number of hydrogen-bond donors (Lipinski definition) is 6. The van der Waals surface area contributed by atoms with Gasteiger partial charge in [0.25, 0.3) is 5.91 Å². The lowest BCUT2D eigenvalue weighted by molar-refractivity contribution is -0.142. The van der Waals surface area contributed by atoms with Gasteiger partial charge in [-0.25, -0.2) is 4.79 Å². The highest BCUT2D eigenvalue weighted by Crippen LogP contribution is 2.28. The minimum atomic E-state index is -1.38. The molecule has 3 aromatic carbocycles. The summed E-state index contributed by atoms with van der Waals surface area (Å²) in [6.07, 6.45) is 7.24. The molecular weight excluding hydrogens is 743 g/mol. The van der Waals surface area contributed by atoms with Crippen molar-refractivity contribution in [2.45, 2.75) is 108 Å². The minimum Gasteiger partial charge on any atom is -0.479 e. The number of benzene rings is 3. The first-order valence-electron chi connectivity index (χ1n) is 20.2. The molecule has 4 atom stereocenters. The lowest BCUT2D eigenvalue weighted by Gasteiger charge is -2.31. The average Bonchev–Trinajstić information content (AvgIpc) is 3.22. The number of ketones is 1. The molecular formula is C44H53N5O9. The third-order valence-electron chi connectivity index (χ3n) is 10.5. The van der Waals surface area contributed by atoms with Gasteiger partial charge < -0.3 is 36.4 Å². The van der Waals surface area contributed by atoms with Gasteiger partial charge in [0.05, 0.1) is 12.6 Å². The van der Waals surface area contributed by atoms with Crippen LogP contribution in [0.2, 0.25) is 0 Å². The topological polar surface area (TPSA) is 209 Å². The number of Topliss-reactive ketones (excluding diaryl/α,β-unsaturated/α-hetero) is 1. The van der Waals surface area contributed by atoms with Crippen LogP contribution >= 0.6 is 0 Å². The second-order valence-corrected chi connectivity index (χ2v) is 15.0. The van der Waals surface area contributed by atoms with Gasteiger partial charge in [-0.2, -0.15) is 0 Å². The van der Waals surface area contributed by atoms with Crippen LogP contribution in [0.15, 0.2) is 78.9 Å². The van der Waals surface area contributed by atoms with Crippen molar-refractivity contribution in [3.05, 3.63) is 95.6 Å². The summed E-state index contributed by atoms with van der Waals surface area (Å²) in [5, 5.41) is 22.7. The fraction of sp³-hybridized carbons (Fsp3) is 0.432. The van der Waals surface area contributed by atoms with E-state index in [1.807, 2.05) is 24.3 Å². The van der Waals surface area contributed by atoms with Gasteiger partial charge in [0.15, 0.2) is 6.04 Å². The summed E-state index contributed by atoms with van der Waals surface area (Å²) in [5.41, 5.74) is 2.07. The summed E-state index contributed by atoms with van der Waals surface area (Å²) in [6.45, 7) is 1.08. The van der Waals surface area contributed by atoms with Crippen molar-refractivity contribution in [3.63, 3.8) is 0 Å². The zero-order chi connectivity index (χ0) is 41.4. The molecule has 1 aliphatic carbocycles. The zero-order valence-electron chi connectivity index (χ0n) is 32.8. The Morgan fingerprint density at radius 3 is 2.22 bits per heavy atom. The molecule has 5 amide bonds. The fourth-order valence-corrected chi connectivity index (χ4v) is 7.41. The van der Waals surface area contributed by atoms with Crippen LogP contribution in [0.4, 0.5) is 0 Å². The zero-order valence-corrected chi connectivity index (χ0v) is 32.8. The van der Waals surface area contributed by atoms with E-state index in [0.29, 0.717) is 35.5 Å². The van der Waals surface area contributed by atoms with Crippen molar-refractivity contribution >= 4 is 41.3 Å². The van der Waals surface area contributed by atoms with E-state index < -0.39 is 66.1 Å². The molecule has 308 valence electrons. The number of nitrogens with one attached hydrogen (secondary N) is 5. The van der Waals surface area contributed by atoms with E-state index in [4.69, 9.17) is 4.74 Å². The second-order valence-electron chi connectivity index (χ2n) is 15.0. The number of amides is 5. The number of carbonyl (C=O) groups excluding carboxylic acids is 6. The van der Waals surface area contributed by atoms with Crippen LogP contribution in [0.25, 0.3) is 0 Å². The molecule has 0 saturated heterocycles. The van der Waals surface area contributed by atoms with E-state index >= 15 is 0 Å². The highest BCUT2D eigenvalue weighted by molar-refractivity contribution is 6.38. The average molecular weight is 796 g/mol. The molecule has 0 radical (unpaired) electrons. The Labute approximate surface area is 338 Å². The van der Waals surface area contributed by atoms with E-state index in [-0.39, 0.29) is 31.1 Å². The molecule has 0 aromatic heterocycles. The normalized spacial score (nSPS) is 19.0. The Bertz CT molecular complexity index is 1910. The molecule has 14 heteroatoms. The molecule has 6 N–H and O–H groups in total. The molecule has 1 saturated carbocycles. The maximum atomic E-state index is 14.2. The lowest BCUT2D eigenvalue weighted by atomic mass is 9.83. The first-order chi connectivity index (χ1) is 28.0. The number of hydrogen-bond acceptors (Lipinski definition) is 8. The number of fused-ring (bicyclic) bond motifs is 12. The van der Waals surface area contributed by atoms with Gasteiger partial charge >= 0.3 is 5.97 Å². The summed E-state index contributed by atoms with van der Waals surface area (Å²) in [6, 6.07) is 18.0. The van der Waals surface area contributed by atoms with Crippen LogP contribution in [0, 0.1) is 5.92 Å². The molecule has 58 heavy (non-hydrogen) atoms. The smallest absolute Gasteiger partial charge is 0.330 e. The van der Waals surface area contributed by atoms with Crippen molar-refractivity contribution in [3.8, 4) is 11.5 Å². The summed E-state index contributed by atoms with van der Waals surface area (Å²) in [5.74, 6) is -4.79. The standard InChI is InChI=1S/C44H53N5O9/c1-2-12-34(40(52)43(55)45-27-37(51)49-39(44(56)57)31-17-7-4-8-18-31)46-41(53)35-26-29-14-11-19-33(25-29)58-32-23-21-28(22-24-32)13-9-10-20-36(50)48-38(42(54)47-35)30-15-5-3-6-16-30/h4,7-8,11,14,17-19,21-25,30,34-35,38-39H,2-3,5-6,9-10,12-13,15-16,20,26-27H2,1H3,(H,45,55)(H,46,53)(H,47,54)(H,48,50)(H,49,51)(H,56,57)/t34?,35-,38-,39+/m1/s1. The predicted octanol–water partition coefficient (Wildman–Crippen LogP) is 4.21. The third kappa shape index (κ3) is 12.7. The molecule has 0 spiro atoms. The second kappa shape index (κ2) is 21.5. The van der Waals surface area contributed by atoms with Gasteiger partial charge in [-0.05, 0) is 85.4 Å². The Kier molecular flexibility index (Phi) is 15.9. The van der Waals surface area contributed by atoms with E-state index in [1.54, 1.807) is 49.4 Å². The van der Waals surface area contributed by atoms with E-state index in [0.717, 1.165) is 50.5 Å². The van der Waals surface area contributed by atoms with Gasteiger partial charge in [-0.15, -0.1) is 0 Å². The molecule has 1 unspecified atom stereocenters. The summed E-state index contributed by atoms with van der Waals surface area (Å²) in [7, 11) is 0. The number of carboxylic acid groups (broad SMARTS) is 1. The number of carboxylic acids is 1. The van der Waals surface area contributed by atoms with Crippen molar-refractivity contribution in [1.82, 2.24) is 26.6 Å². The van der Waals surface area contributed by atoms with Crippen LogP contribution in [-0.4, -0.2) is 71.1 Å². The molecule has 14 nitrogen and oxygen atoms in total. The molecule has 1 fully saturated rings. The number of rotatable bonds is 12. The summed E-state index contributed by atoms with van der Waals surface area (Å²) in [4.78, 5) is 92.7. The van der Waals surface area contributed by atoms with Gasteiger partial charge in [0, 0.05) is 12.8 Å². The fourth-order valence-electron chi connectivity index (χ4n) is 7.41. The third-order valence-corrected chi connectivity index (χ3v) is 10.5. The summed E-state index contributed by atoms with van der Waals surface area (Å²) >= 11 is 0. The molecule has 4 bridgehead atoms. The molecule has 2 aliphatic heterocycles. The Balaban J connectivity index is 1.34. The number of ether oxygens (including phenoxy) is 1. The molecule has 6 rings (SSSR count). The van der Waals surface area contributed by atoms with Crippen molar-refractivity contribution < 1.29 is 43.4 Å². The van der Waals surface area contributed by atoms with Crippen molar-refractivity contribution in [2.75, 3.05) is 6.54 Å². The maximum absolute atomic E-state index is 14.2. The number of aryl methyl sites for hydroxylation is 1. The van der Waals surface area contributed by atoms with Crippen LogP contribution < -0.4 is 31.3 Å². The molecule has 3 aliphatic rings. The van der Waals surface area contributed by atoms with Gasteiger partial charge in [-0.3, -0.25) is 28.8 Å². The Morgan fingerprint density at radius 1 is 0.793 bits per heavy atom. The monoisotopic (exact) mass is 795 g/mol. The highest BCUT2D eigenvalue weighted by atomic mass is 16.5. The van der Waals surface area contributed by atoms with Crippen LogP contribution in [-0.2, 0) is 46.4 Å². The SMILES string of the molecule is CCCC(NC(=O)[C@H]1Cc2cccc(c2)Oc2ccc(cc2)CCCCC(=O)N[C@H](C2CCCCC2)C(=O)N1)C(=O)C(=O)NCC(=O)N[C@H](C(=O)O)c1ccccc1. The number of aliphatic carboxylic acids is 1. The molecule has 3 aromatic rings. The largest absolute Gasteiger partial charge is 0.479 e. The van der Waals surface area contributed by atoms with Crippen LogP contribution in [0.5, 0.6) is 11.5 Å². The Hall–Kier alpha value is -6.05. The van der Waals surface area contributed by atoms with Crippen LogP contribution in [0.3, 0.4) is 0 Å². The quantitative estimate of drug-likeness (QED) is 0.145. The maximum Gasteiger partial charge on any atom is 0.330 e. The van der Waals surface area contributed by atoms with Crippen LogP contribution in [0.1, 0.15) is 93.9 Å². The van der Waals surface area contributed by atoms with E-state index in [9.17, 15) is 38.7 Å². The highest BCUT2D eigenvalue weighted by Gasteiger charge is 2.35. The predicted molar refractivity (Wildman–Crippen MR) is 214 cm³/mol. The summed E-state index contributed by atoms with van der Waals surface area (Å²) < 4.78 is 6.12. The van der Waals surface area contributed by atoms with Gasteiger partial charge in [-0.1, -0.05) is 87.2 Å².